The number of hydrogen-bond donors (Lipinski definition) is 2. The maximum absolute atomic E-state index is 12.1. The van der Waals surface area contributed by atoms with E-state index in [0.717, 1.165) is 0 Å². The number of alkyl halides is 3. The average molecular weight is 261 g/mol. The van der Waals surface area contributed by atoms with Crippen LogP contribution in [0.25, 0.3) is 0 Å². The molecular weight excluding hydrogens is 247 g/mol. The lowest BCUT2D eigenvalue weighted by atomic mass is 10.1. The quantitative estimate of drug-likeness (QED) is 0.873. The normalized spacial score (nSPS) is 12.9. The molecule has 7 heteroatoms. The number of carbonyl (C=O) groups is 1. The van der Waals surface area contributed by atoms with Crippen LogP contribution in [0.3, 0.4) is 0 Å². The molecule has 100 valence electrons. The van der Waals surface area contributed by atoms with Crippen LogP contribution in [0.1, 0.15) is 23.7 Å². The van der Waals surface area contributed by atoms with E-state index in [-0.39, 0.29) is 5.56 Å². The predicted octanol–water partition coefficient (Wildman–Crippen LogP) is 2.19. The number of hydrogen-bond acceptors (Lipinski definition) is 3. The number of pyridine rings is 1. The number of aromatic nitrogens is 1. The highest BCUT2D eigenvalue weighted by molar-refractivity contribution is 5.99. The zero-order valence-electron chi connectivity index (χ0n) is 10.0. The monoisotopic (exact) mass is 261 g/mol. The Morgan fingerprint density at radius 2 is 2.17 bits per heavy atom. The van der Waals surface area contributed by atoms with Crippen LogP contribution in [0.15, 0.2) is 18.5 Å². The highest BCUT2D eigenvalue weighted by atomic mass is 19.4. The Bertz CT molecular complexity index is 420. The van der Waals surface area contributed by atoms with Gasteiger partial charge >= 0.3 is 6.18 Å². The molecule has 1 unspecified atom stereocenters. The van der Waals surface area contributed by atoms with Crippen molar-refractivity contribution in [2.45, 2.75) is 25.6 Å². The molecule has 1 aromatic rings. The standard InChI is InChI=1S/C11H14F3N3O/c1-7(5-11(12,13)14)17-10(18)8-3-4-16-6-9(8)15-2/h3-4,6-7,15H,5H2,1-2H3,(H,17,18). The number of rotatable bonds is 4. The summed E-state index contributed by atoms with van der Waals surface area (Å²) in [7, 11) is 1.60. The molecule has 0 saturated heterocycles. The van der Waals surface area contributed by atoms with Crippen LogP contribution in [0, 0.1) is 0 Å². The Hall–Kier alpha value is -1.79. The maximum Gasteiger partial charge on any atom is 0.391 e. The van der Waals surface area contributed by atoms with Crippen molar-refractivity contribution in [2.24, 2.45) is 0 Å². The van der Waals surface area contributed by atoms with Crippen LogP contribution < -0.4 is 10.6 Å². The molecule has 0 aliphatic carbocycles. The molecule has 0 aliphatic heterocycles. The number of nitrogens with one attached hydrogen (secondary N) is 2. The van der Waals surface area contributed by atoms with Gasteiger partial charge in [0.25, 0.3) is 5.91 Å². The lowest BCUT2D eigenvalue weighted by Crippen LogP contribution is -2.36. The minimum atomic E-state index is -4.29. The molecule has 2 N–H and O–H groups in total. The predicted molar refractivity (Wildman–Crippen MR) is 61.4 cm³/mol. The Morgan fingerprint density at radius 3 is 2.72 bits per heavy atom. The largest absolute Gasteiger partial charge is 0.391 e. The summed E-state index contributed by atoms with van der Waals surface area (Å²) >= 11 is 0. The van der Waals surface area contributed by atoms with Crippen LogP contribution in [0.5, 0.6) is 0 Å². The second-order valence-electron chi connectivity index (χ2n) is 3.87. The lowest BCUT2D eigenvalue weighted by Gasteiger charge is -2.16. The van der Waals surface area contributed by atoms with Gasteiger partial charge in [0.15, 0.2) is 0 Å². The van der Waals surface area contributed by atoms with E-state index in [4.69, 9.17) is 0 Å². The van der Waals surface area contributed by atoms with Gasteiger partial charge in [0.05, 0.1) is 23.9 Å². The average Bonchev–Trinajstić information content (AvgIpc) is 2.26. The van der Waals surface area contributed by atoms with Crippen molar-refractivity contribution < 1.29 is 18.0 Å². The third kappa shape index (κ3) is 4.23. The molecule has 1 atom stereocenters. The topological polar surface area (TPSA) is 54.0 Å². The lowest BCUT2D eigenvalue weighted by molar-refractivity contribution is -0.138. The molecule has 1 heterocycles. The highest BCUT2D eigenvalue weighted by Gasteiger charge is 2.30. The summed E-state index contributed by atoms with van der Waals surface area (Å²) < 4.78 is 36.4. The molecule has 0 radical (unpaired) electrons. The van der Waals surface area contributed by atoms with Crippen molar-refractivity contribution in [1.29, 1.82) is 0 Å². The van der Waals surface area contributed by atoms with Gasteiger partial charge in [-0.2, -0.15) is 13.2 Å². The van der Waals surface area contributed by atoms with Gasteiger partial charge in [0, 0.05) is 19.3 Å². The molecule has 0 aromatic carbocycles. The number of carbonyl (C=O) groups excluding carboxylic acids is 1. The Morgan fingerprint density at radius 1 is 1.50 bits per heavy atom. The van der Waals surface area contributed by atoms with Gasteiger partial charge in [-0.25, -0.2) is 0 Å². The van der Waals surface area contributed by atoms with Crippen LogP contribution >= 0.6 is 0 Å². The molecule has 1 amide bonds. The fraction of sp³-hybridized carbons (Fsp3) is 0.455. The van der Waals surface area contributed by atoms with Crippen molar-refractivity contribution in [1.82, 2.24) is 10.3 Å². The van der Waals surface area contributed by atoms with Gasteiger partial charge in [0.2, 0.25) is 0 Å². The van der Waals surface area contributed by atoms with E-state index in [1.807, 2.05) is 0 Å². The second kappa shape index (κ2) is 5.70. The smallest absolute Gasteiger partial charge is 0.386 e. The molecule has 0 spiro atoms. The zero-order valence-corrected chi connectivity index (χ0v) is 10.0. The summed E-state index contributed by atoms with van der Waals surface area (Å²) in [5, 5.41) is 5.05. The van der Waals surface area contributed by atoms with E-state index < -0.39 is 24.5 Å². The molecule has 18 heavy (non-hydrogen) atoms. The Balaban J connectivity index is 2.71. The summed E-state index contributed by atoms with van der Waals surface area (Å²) in [6.07, 6.45) is -2.51. The van der Waals surface area contributed by atoms with Crippen molar-refractivity contribution in [3.63, 3.8) is 0 Å². The van der Waals surface area contributed by atoms with Crippen molar-refractivity contribution in [3.8, 4) is 0 Å². The first kappa shape index (κ1) is 14.3. The number of halogens is 3. The van der Waals surface area contributed by atoms with Gasteiger partial charge in [-0.1, -0.05) is 0 Å². The molecule has 0 fully saturated rings. The number of nitrogens with zero attached hydrogens (tertiary/aromatic N) is 1. The van der Waals surface area contributed by atoms with E-state index in [9.17, 15) is 18.0 Å². The summed E-state index contributed by atoms with van der Waals surface area (Å²) in [5.74, 6) is -0.557. The fourth-order valence-corrected chi connectivity index (χ4v) is 1.49. The van der Waals surface area contributed by atoms with Crippen LogP contribution in [0.2, 0.25) is 0 Å². The number of amides is 1. The van der Waals surface area contributed by atoms with Crippen LogP contribution in [-0.4, -0.2) is 30.2 Å². The third-order valence-electron chi connectivity index (χ3n) is 2.25. The molecule has 0 saturated carbocycles. The third-order valence-corrected chi connectivity index (χ3v) is 2.25. The first-order valence-corrected chi connectivity index (χ1v) is 5.33. The van der Waals surface area contributed by atoms with E-state index in [1.165, 1.54) is 25.4 Å². The first-order chi connectivity index (χ1) is 8.33. The second-order valence-corrected chi connectivity index (χ2v) is 3.87. The summed E-state index contributed by atoms with van der Waals surface area (Å²) in [6.45, 7) is 1.31. The van der Waals surface area contributed by atoms with Gasteiger partial charge in [-0.05, 0) is 13.0 Å². The van der Waals surface area contributed by atoms with Gasteiger partial charge < -0.3 is 10.6 Å². The summed E-state index contributed by atoms with van der Waals surface area (Å²) in [4.78, 5) is 15.6. The van der Waals surface area contributed by atoms with Gasteiger partial charge in [-0.3, -0.25) is 9.78 Å². The van der Waals surface area contributed by atoms with Crippen molar-refractivity contribution >= 4 is 11.6 Å². The van der Waals surface area contributed by atoms with E-state index >= 15 is 0 Å². The van der Waals surface area contributed by atoms with E-state index in [1.54, 1.807) is 7.05 Å². The Kier molecular flexibility index (Phi) is 4.52. The van der Waals surface area contributed by atoms with Gasteiger partial charge in [-0.15, -0.1) is 0 Å². The Labute approximate surface area is 103 Å². The van der Waals surface area contributed by atoms with Crippen molar-refractivity contribution in [2.75, 3.05) is 12.4 Å². The van der Waals surface area contributed by atoms with Crippen molar-refractivity contribution in [3.05, 3.63) is 24.0 Å². The molecule has 0 aliphatic rings. The maximum atomic E-state index is 12.1. The molecular formula is C11H14F3N3O. The molecule has 1 rings (SSSR count). The minimum Gasteiger partial charge on any atom is -0.386 e. The molecule has 4 nitrogen and oxygen atoms in total. The number of anilines is 1. The van der Waals surface area contributed by atoms with E-state index in [0.29, 0.717) is 5.69 Å². The molecule has 0 bridgehead atoms. The van der Waals surface area contributed by atoms with Gasteiger partial charge in [0.1, 0.15) is 0 Å². The SMILES string of the molecule is CNc1cnccc1C(=O)NC(C)CC(F)(F)F. The zero-order chi connectivity index (χ0) is 13.8. The minimum absolute atomic E-state index is 0.265. The van der Waals surface area contributed by atoms with Crippen LogP contribution in [0.4, 0.5) is 18.9 Å². The first-order valence-electron chi connectivity index (χ1n) is 5.33. The summed E-state index contributed by atoms with van der Waals surface area (Å²) in [6, 6.07) is 0.469. The highest BCUT2D eigenvalue weighted by Crippen LogP contribution is 2.21. The summed E-state index contributed by atoms with van der Waals surface area (Å²) in [5.41, 5.74) is 0.732. The fourth-order valence-electron chi connectivity index (χ4n) is 1.49. The van der Waals surface area contributed by atoms with E-state index in [2.05, 4.69) is 15.6 Å². The van der Waals surface area contributed by atoms with Crippen LogP contribution in [-0.2, 0) is 0 Å². The molecule has 1 aromatic heterocycles.